The molecule has 0 radical (unpaired) electrons. The van der Waals surface area contributed by atoms with E-state index in [0.29, 0.717) is 29.4 Å². The zero-order chi connectivity index (χ0) is 13.3. The molecule has 0 spiro atoms. The van der Waals surface area contributed by atoms with Gasteiger partial charge in [0.25, 0.3) is 0 Å². The number of nitrogens with two attached hydrogens (primary N) is 1. The molecule has 2 rings (SSSR count). The molecular formula is C11H20N4O2S. The molecular weight excluding hydrogens is 252 g/mol. The summed E-state index contributed by atoms with van der Waals surface area (Å²) in [5, 5.41) is 6.69. The van der Waals surface area contributed by atoms with Gasteiger partial charge in [-0.1, -0.05) is 6.42 Å². The van der Waals surface area contributed by atoms with Crippen LogP contribution in [0.1, 0.15) is 30.7 Å². The van der Waals surface area contributed by atoms with E-state index in [2.05, 4.69) is 10.2 Å². The second-order valence-corrected chi connectivity index (χ2v) is 6.59. The van der Waals surface area contributed by atoms with E-state index in [-0.39, 0.29) is 6.04 Å². The van der Waals surface area contributed by atoms with Gasteiger partial charge in [-0.3, -0.25) is 5.10 Å². The van der Waals surface area contributed by atoms with Crippen LogP contribution in [-0.4, -0.2) is 42.1 Å². The fourth-order valence-electron chi connectivity index (χ4n) is 2.56. The molecule has 102 valence electrons. The number of rotatable bonds is 3. The number of hydrogen-bond acceptors (Lipinski definition) is 4. The molecule has 1 atom stereocenters. The summed E-state index contributed by atoms with van der Waals surface area (Å²) in [7, 11) is -3.48. The van der Waals surface area contributed by atoms with Crippen LogP contribution in [0, 0.1) is 13.8 Å². The molecule has 1 aliphatic heterocycles. The highest BCUT2D eigenvalue weighted by Crippen LogP contribution is 2.27. The summed E-state index contributed by atoms with van der Waals surface area (Å²) in [6, 6.07) is -0.0857. The molecule has 7 heteroatoms. The van der Waals surface area contributed by atoms with Gasteiger partial charge in [0.1, 0.15) is 4.90 Å². The van der Waals surface area contributed by atoms with Gasteiger partial charge in [-0.15, -0.1) is 0 Å². The predicted octanol–water partition coefficient (Wildman–Crippen LogP) is 0.528. The summed E-state index contributed by atoms with van der Waals surface area (Å²) in [5.41, 5.74) is 6.80. The van der Waals surface area contributed by atoms with Crippen molar-refractivity contribution in [3.63, 3.8) is 0 Å². The maximum absolute atomic E-state index is 12.7. The van der Waals surface area contributed by atoms with Gasteiger partial charge in [0.2, 0.25) is 10.0 Å². The highest BCUT2D eigenvalue weighted by atomic mass is 32.2. The Hall–Kier alpha value is -0.920. The molecule has 0 bridgehead atoms. The Morgan fingerprint density at radius 3 is 2.72 bits per heavy atom. The summed E-state index contributed by atoms with van der Waals surface area (Å²) in [6.07, 6.45) is 2.77. The van der Waals surface area contributed by atoms with E-state index >= 15 is 0 Å². The Morgan fingerprint density at radius 1 is 1.44 bits per heavy atom. The minimum atomic E-state index is -3.48. The molecule has 0 aromatic carbocycles. The predicted molar refractivity (Wildman–Crippen MR) is 68.6 cm³/mol. The van der Waals surface area contributed by atoms with Crippen molar-refractivity contribution in [2.75, 3.05) is 13.1 Å². The van der Waals surface area contributed by atoms with Crippen LogP contribution in [0.15, 0.2) is 4.90 Å². The summed E-state index contributed by atoms with van der Waals surface area (Å²) >= 11 is 0. The Morgan fingerprint density at radius 2 is 2.17 bits per heavy atom. The van der Waals surface area contributed by atoms with Gasteiger partial charge in [-0.05, 0) is 26.7 Å². The van der Waals surface area contributed by atoms with Crippen LogP contribution in [0.25, 0.3) is 0 Å². The number of aryl methyl sites for hydroxylation is 2. The SMILES string of the molecule is Cc1n[nH]c(C)c1S(=O)(=O)N1CCCC[C@H]1CN. The quantitative estimate of drug-likeness (QED) is 0.839. The molecule has 2 heterocycles. The lowest BCUT2D eigenvalue weighted by Crippen LogP contribution is -2.47. The zero-order valence-corrected chi connectivity index (χ0v) is 11.6. The van der Waals surface area contributed by atoms with Gasteiger partial charge in [0.15, 0.2) is 0 Å². The molecule has 1 aliphatic rings. The van der Waals surface area contributed by atoms with Gasteiger partial charge < -0.3 is 5.73 Å². The normalized spacial score (nSPS) is 22.3. The molecule has 1 fully saturated rings. The zero-order valence-electron chi connectivity index (χ0n) is 10.8. The van der Waals surface area contributed by atoms with Crippen molar-refractivity contribution in [2.45, 2.75) is 44.0 Å². The summed E-state index contributed by atoms with van der Waals surface area (Å²) in [5.74, 6) is 0. The number of hydrogen-bond donors (Lipinski definition) is 2. The van der Waals surface area contributed by atoms with E-state index in [4.69, 9.17) is 5.73 Å². The molecule has 0 saturated carbocycles. The first-order chi connectivity index (χ1) is 8.48. The summed E-state index contributed by atoms with van der Waals surface area (Å²) < 4.78 is 26.9. The van der Waals surface area contributed by atoms with Crippen molar-refractivity contribution in [3.05, 3.63) is 11.4 Å². The highest BCUT2D eigenvalue weighted by molar-refractivity contribution is 7.89. The van der Waals surface area contributed by atoms with Crippen LogP contribution in [0.2, 0.25) is 0 Å². The number of nitrogens with zero attached hydrogens (tertiary/aromatic N) is 2. The third kappa shape index (κ3) is 2.17. The fraction of sp³-hybridized carbons (Fsp3) is 0.727. The Labute approximate surface area is 108 Å². The van der Waals surface area contributed by atoms with Gasteiger partial charge in [-0.25, -0.2) is 8.42 Å². The highest BCUT2D eigenvalue weighted by Gasteiger charge is 2.35. The monoisotopic (exact) mass is 272 g/mol. The smallest absolute Gasteiger partial charge is 0.247 e. The second kappa shape index (κ2) is 4.99. The molecule has 0 amide bonds. The van der Waals surface area contributed by atoms with Gasteiger partial charge in [0, 0.05) is 19.1 Å². The Kier molecular flexibility index (Phi) is 3.74. The van der Waals surface area contributed by atoms with Crippen LogP contribution in [0.4, 0.5) is 0 Å². The molecule has 1 aromatic heterocycles. The van der Waals surface area contributed by atoms with Crippen LogP contribution >= 0.6 is 0 Å². The van der Waals surface area contributed by atoms with Crippen molar-refractivity contribution in [1.29, 1.82) is 0 Å². The first-order valence-corrected chi connectivity index (χ1v) is 7.66. The minimum absolute atomic E-state index is 0.0857. The van der Waals surface area contributed by atoms with Crippen LogP contribution in [-0.2, 0) is 10.0 Å². The number of aromatic nitrogens is 2. The molecule has 0 aliphatic carbocycles. The van der Waals surface area contributed by atoms with Crippen LogP contribution in [0.5, 0.6) is 0 Å². The average Bonchev–Trinajstić information content (AvgIpc) is 2.69. The van der Waals surface area contributed by atoms with E-state index in [1.165, 1.54) is 0 Å². The second-order valence-electron chi connectivity index (χ2n) is 4.76. The number of nitrogens with one attached hydrogen (secondary N) is 1. The largest absolute Gasteiger partial charge is 0.329 e. The molecule has 18 heavy (non-hydrogen) atoms. The standard InChI is InChI=1S/C11H20N4O2S/c1-8-11(9(2)14-13-8)18(16,17)15-6-4-3-5-10(15)7-12/h10H,3-7,12H2,1-2H3,(H,13,14)/t10-/m0/s1. The van der Waals surface area contributed by atoms with Crippen LogP contribution < -0.4 is 5.73 Å². The maximum atomic E-state index is 12.7. The van der Waals surface area contributed by atoms with Crippen molar-refractivity contribution >= 4 is 10.0 Å². The molecule has 6 nitrogen and oxygen atoms in total. The third-order valence-corrected chi connectivity index (χ3v) is 5.69. The lowest BCUT2D eigenvalue weighted by atomic mass is 10.1. The lowest BCUT2D eigenvalue weighted by Gasteiger charge is -2.33. The average molecular weight is 272 g/mol. The Balaban J connectivity index is 2.41. The van der Waals surface area contributed by atoms with E-state index in [1.807, 2.05) is 0 Å². The number of piperidine rings is 1. The van der Waals surface area contributed by atoms with Crippen molar-refractivity contribution < 1.29 is 8.42 Å². The van der Waals surface area contributed by atoms with E-state index in [9.17, 15) is 8.42 Å². The van der Waals surface area contributed by atoms with Gasteiger partial charge in [-0.2, -0.15) is 9.40 Å². The summed E-state index contributed by atoms with van der Waals surface area (Å²) in [6.45, 7) is 4.36. The minimum Gasteiger partial charge on any atom is -0.329 e. The first kappa shape index (κ1) is 13.5. The maximum Gasteiger partial charge on any atom is 0.247 e. The third-order valence-electron chi connectivity index (χ3n) is 3.47. The van der Waals surface area contributed by atoms with Crippen molar-refractivity contribution in [2.24, 2.45) is 5.73 Å². The van der Waals surface area contributed by atoms with E-state index in [0.717, 1.165) is 19.3 Å². The van der Waals surface area contributed by atoms with Gasteiger partial charge in [0.05, 0.1) is 11.4 Å². The molecule has 1 aromatic rings. The van der Waals surface area contributed by atoms with E-state index < -0.39 is 10.0 Å². The fourth-order valence-corrected chi connectivity index (χ4v) is 4.60. The van der Waals surface area contributed by atoms with Crippen molar-refractivity contribution in [3.8, 4) is 0 Å². The number of sulfonamides is 1. The number of H-pyrrole nitrogens is 1. The Bertz CT molecular complexity index is 504. The first-order valence-electron chi connectivity index (χ1n) is 6.22. The van der Waals surface area contributed by atoms with Crippen LogP contribution in [0.3, 0.4) is 0 Å². The topological polar surface area (TPSA) is 92.1 Å². The molecule has 3 N–H and O–H groups in total. The van der Waals surface area contributed by atoms with Crippen molar-refractivity contribution in [1.82, 2.24) is 14.5 Å². The van der Waals surface area contributed by atoms with E-state index in [1.54, 1.807) is 18.2 Å². The number of aromatic amines is 1. The molecule has 0 unspecified atom stereocenters. The lowest BCUT2D eigenvalue weighted by molar-refractivity contribution is 0.257. The van der Waals surface area contributed by atoms with Gasteiger partial charge >= 0.3 is 0 Å². The molecule has 1 saturated heterocycles. The summed E-state index contributed by atoms with van der Waals surface area (Å²) in [4.78, 5) is 0.308.